The predicted molar refractivity (Wildman–Crippen MR) is 104 cm³/mol. The number of rotatable bonds is 11. The fraction of sp³-hybridized carbons (Fsp3) is 0.650. The molecule has 1 atom stereocenters. The van der Waals surface area contributed by atoms with E-state index in [1.54, 1.807) is 43.6 Å². The SMILES string of the molecule is CCC[CH2][Sn]([CH2]CCC)[CH2]CCC.O=C(O)C(O)c1ccccc1. The van der Waals surface area contributed by atoms with Crippen molar-refractivity contribution < 1.29 is 15.0 Å². The number of hydrogen-bond acceptors (Lipinski definition) is 2. The van der Waals surface area contributed by atoms with Gasteiger partial charge in [-0.1, -0.05) is 30.3 Å². The molecule has 0 spiro atoms. The molecule has 1 aromatic rings. The van der Waals surface area contributed by atoms with Gasteiger partial charge >= 0.3 is 98.3 Å². The minimum Gasteiger partial charge on any atom is -0.479 e. The molecule has 1 aromatic carbocycles. The maximum atomic E-state index is 10.2. The monoisotopic (exact) mass is 443 g/mol. The zero-order valence-electron chi connectivity index (χ0n) is 15.6. The smallest absolute Gasteiger partial charge is 0.337 e. The van der Waals surface area contributed by atoms with Gasteiger partial charge in [-0.25, -0.2) is 4.79 Å². The molecule has 1 radical (unpaired) electrons. The Morgan fingerprint density at radius 1 is 0.917 bits per heavy atom. The van der Waals surface area contributed by atoms with E-state index in [1.165, 1.54) is 38.5 Å². The number of aliphatic carboxylic acids is 1. The summed E-state index contributed by atoms with van der Waals surface area (Å²) in [5.41, 5.74) is 0.403. The van der Waals surface area contributed by atoms with Gasteiger partial charge in [0.15, 0.2) is 6.10 Å². The second-order valence-electron chi connectivity index (χ2n) is 6.21. The van der Waals surface area contributed by atoms with Crippen molar-refractivity contribution in [2.45, 2.75) is 78.7 Å². The number of aliphatic hydroxyl groups is 1. The molecule has 0 heterocycles. The average Bonchev–Trinajstić information content (AvgIpc) is 2.61. The third-order valence-corrected chi connectivity index (χ3v) is 13.1. The molecular formula is C20H35O3Sn. The zero-order valence-corrected chi connectivity index (χ0v) is 18.5. The Labute approximate surface area is 155 Å². The molecule has 0 aliphatic carbocycles. The van der Waals surface area contributed by atoms with Gasteiger partial charge in [0.25, 0.3) is 0 Å². The summed E-state index contributed by atoms with van der Waals surface area (Å²) in [4.78, 5) is 10.2. The normalized spacial score (nSPS) is 11.7. The molecule has 4 heteroatoms. The van der Waals surface area contributed by atoms with Gasteiger partial charge in [0.05, 0.1) is 0 Å². The molecular weight excluding hydrogens is 407 g/mol. The van der Waals surface area contributed by atoms with Crippen molar-refractivity contribution in [3.05, 3.63) is 35.9 Å². The molecule has 0 aliphatic rings. The van der Waals surface area contributed by atoms with Gasteiger partial charge in [0.1, 0.15) is 0 Å². The Hall–Kier alpha value is -0.551. The van der Waals surface area contributed by atoms with Crippen LogP contribution >= 0.6 is 0 Å². The van der Waals surface area contributed by atoms with Crippen LogP contribution in [0.2, 0.25) is 13.3 Å². The Balaban J connectivity index is 0.000000446. The second kappa shape index (κ2) is 15.9. The number of benzene rings is 1. The number of hydrogen-bond donors (Lipinski definition) is 2. The van der Waals surface area contributed by atoms with Crippen molar-refractivity contribution in [3.63, 3.8) is 0 Å². The minimum atomic E-state index is -1.41. The van der Waals surface area contributed by atoms with E-state index in [-0.39, 0.29) is 0 Å². The first-order valence-electron chi connectivity index (χ1n) is 9.36. The fourth-order valence-electron chi connectivity index (χ4n) is 2.43. The van der Waals surface area contributed by atoms with Crippen molar-refractivity contribution in [1.82, 2.24) is 0 Å². The summed E-state index contributed by atoms with van der Waals surface area (Å²) in [6.07, 6.45) is 7.44. The van der Waals surface area contributed by atoms with E-state index in [2.05, 4.69) is 20.8 Å². The van der Waals surface area contributed by atoms with Gasteiger partial charge in [0, 0.05) is 0 Å². The van der Waals surface area contributed by atoms with Crippen molar-refractivity contribution in [1.29, 1.82) is 0 Å². The molecule has 24 heavy (non-hydrogen) atoms. The van der Waals surface area contributed by atoms with Crippen LogP contribution in [0, 0.1) is 0 Å². The third-order valence-electron chi connectivity index (χ3n) is 4.00. The van der Waals surface area contributed by atoms with E-state index in [1.807, 2.05) is 0 Å². The summed E-state index contributed by atoms with van der Waals surface area (Å²) in [6, 6.07) is 8.26. The summed E-state index contributed by atoms with van der Waals surface area (Å²) in [6.45, 7) is 7.00. The van der Waals surface area contributed by atoms with Crippen LogP contribution in [0.5, 0.6) is 0 Å². The van der Waals surface area contributed by atoms with Crippen LogP contribution in [-0.2, 0) is 4.79 Å². The maximum Gasteiger partial charge on any atom is 0.337 e. The number of unbranched alkanes of at least 4 members (excludes halogenated alkanes) is 3. The molecule has 1 unspecified atom stereocenters. The first-order chi connectivity index (χ1) is 11.6. The topological polar surface area (TPSA) is 57.5 Å². The number of carboxylic acid groups (broad SMARTS) is 1. The van der Waals surface area contributed by atoms with Gasteiger partial charge in [0.2, 0.25) is 0 Å². The minimum absolute atomic E-state index is 0.403. The van der Waals surface area contributed by atoms with Crippen molar-refractivity contribution in [3.8, 4) is 0 Å². The summed E-state index contributed by atoms with van der Waals surface area (Å²) >= 11 is -0.839. The predicted octanol–water partition coefficient (Wildman–Crippen LogP) is 5.69. The van der Waals surface area contributed by atoms with Gasteiger partial charge in [-0.15, -0.1) is 0 Å². The van der Waals surface area contributed by atoms with E-state index >= 15 is 0 Å². The van der Waals surface area contributed by atoms with Crippen LogP contribution in [0.25, 0.3) is 0 Å². The van der Waals surface area contributed by atoms with Gasteiger partial charge in [-0.05, 0) is 5.56 Å². The molecule has 0 aromatic heterocycles. The first-order valence-corrected chi connectivity index (χ1v) is 15.4. The van der Waals surface area contributed by atoms with Gasteiger partial charge in [-0.3, -0.25) is 0 Å². The molecule has 0 bridgehead atoms. The summed E-state index contributed by atoms with van der Waals surface area (Å²) in [5, 5.41) is 17.4. The van der Waals surface area contributed by atoms with E-state index in [0.717, 1.165) is 0 Å². The van der Waals surface area contributed by atoms with Gasteiger partial charge < -0.3 is 10.2 Å². The average molecular weight is 442 g/mol. The van der Waals surface area contributed by atoms with E-state index in [0.29, 0.717) is 5.56 Å². The Morgan fingerprint density at radius 2 is 1.33 bits per heavy atom. The summed E-state index contributed by atoms with van der Waals surface area (Å²) < 4.78 is 5.04. The van der Waals surface area contributed by atoms with Crippen molar-refractivity contribution in [2.24, 2.45) is 0 Å². The molecule has 3 nitrogen and oxygen atoms in total. The van der Waals surface area contributed by atoms with Crippen LogP contribution in [0.4, 0.5) is 0 Å². The van der Waals surface area contributed by atoms with Crippen LogP contribution in [0.15, 0.2) is 30.3 Å². The Kier molecular flexibility index (Phi) is 15.6. The quantitative estimate of drug-likeness (QED) is 0.434. The van der Waals surface area contributed by atoms with Crippen molar-refractivity contribution >= 4 is 25.7 Å². The Bertz CT molecular complexity index is 390. The molecule has 0 fully saturated rings. The molecule has 0 saturated carbocycles. The largest absolute Gasteiger partial charge is 0.479 e. The third kappa shape index (κ3) is 11.9. The van der Waals surface area contributed by atoms with Crippen LogP contribution < -0.4 is 0 Å². The molecule has 0 amide bonds. The van der Waals surface area contributed by atoms with Crippen LogP contribution in [-0.4, -0.2) is 35.9 Å². The first kappa shape index (κ1) is 23.4. The number of carboxylic acids is 1. The van der Waals surface area contributed by atoms with E-state index in [4.69, 9.17) is 10.2 Å². The molecule has 1 rings (SSSR count). The molecule has 0 aliphatic heterocycles. The van der Waals surface area contributed by atoms with E-state index in [9.17, 15) is 4.79 Å². The fourth-order valence-corrected chi connectivity index (χ4v) is 11.9. The van der Waals surface area contributed by atoms with Gasteiger partial charge in [-0.2, -0.15) is 0 Å². The van der Waals surface area contributed by atoms with Crippen LogP contribution in [0.3, 0.4) is 0 Å². The van der Waals surface area contributed by atoms with E-state index < -0.39 is 31.8 Å². The zero-order chi connectivity index (χ0) is 18.2. The number of aliphatic hydroxyl groups excluding tert-OH is 1. The molecule has 2 N–H and O–H groups in total. The molecule has 137 valence electrons. The molecule has 0 saturated heterocycles. The summed E-state index contributed by atoms with van der Waals surface area (Å²) in [7, 11) is 0. The Morgan fingerprint density at radius 3 is 1.67 bits per heavy atom. The standard InChI is InChI=1S/C8H8O3.3C4H9.Sn/c9-7(8(10)11)6-4-2-1-3-5-6;3*1-3-4-2;/h1-5,7,9H,(H,10,11);3*1,3-4H2,2H3;. The second-order valence-corrected chi connectivity index (χ2v) is 14.8. The maximum absolute atomic E-state index is 10.2. The number of carbonyl (C=O) groups is 1. The van der Waals surface area contributed by atoms with Crippen molar-refractivity contribution in [2.75, 3.05) is 0 Å². The van der Waals surface area contributed by atoms with Crippen LogP contribution in [0.1, 0.15) is 71.0 Å². The summed E-state index contributed by atoms with van der Waals surface area (Å²) in [5.74, 6) is -1.23.